The highest BCUT2D eigenvalue weighted by Gasteiger charge is 2.10. The molecule has 6 nitrogen and oxygen atoms in total. The number of urea groups is 1. The minimum Gasteiger partial charge on any atom is -0.465 e. The first-order valence-electron chi connectivity index (χ1n) is 6.35. The molecule has 0 aromatic heterocycles. The molecule has 0 saturated carbocycles. The van der Waals surface area contributed by atoms with Crippen molar-refractivity contribution in [3.63, 3.8) is 0 Å². The molecule has 0 unspecified atom stereocenters. The third-order valence-electron chi connectivity index (χ3n) is 2.88. The number of ether oxygens (including phenoxy) is 1. The van der Waals surface area contributed by atoms with Crippen molar-refractivity contribution in [2.45, 2.75) is 6.42 Å². The Morgan fingerprint density at radius 3 is 2.55 bits per heavy atom. The number of carbonyl (C=O) groups is 2. The van der Waals surface area contributed by atoms with E-state index in [0.29, 0.717) is 17.8 Å². The summed E-state index contributed by atoms with van der Waals surface area (Å²) in [5.41, 5.74) is 3.81. The summed E-state index contributed by atoms with van der Waals surface area (Å²) in [6, 6.07) is 6.21. The average molecular weight is 275 g/mol. The molecule has 1 aliphatic heterocycles. The van der Waals surface area contributed by atoms with Gasteiger partial charge in [0.15, 0.2) is 0 Å². The summed E-state index contributed by atoms with van der Waals surface area (Å²) in [7, 11) is 1.33. The van der Waals surface area contributed by atoms with Gasteiger partial charge in [-0.1, -0.05) is 12.2 Å². The van der Waals surface area contributed by atoms with Gasteiger partial charge < -0.3 is 10.1 Å². The first-order valence-corrected chi connectivity index (χ1v) is 6.35. The van der Waals surface area contributed by atoms with Gasteiger partial charge in [0.05, 0.1) is 12.7 Å². The molecule has 0 radical (unpaired) electrons. The second-order valence-electron chi connectivity index (χ2n) is 4.34. The maximum atomic E-state index is 11.8. The summed E-state index contributed by atoms with van der Waals surface area (Å²) in [4.78, 5) is 23.1. The van der Waals surface area contributed by atoms with Gasteiger partial charge in [0.2, 0.25) is 0 Å². The van der Waals surface area contributed by atoms with Crippen LogP contribution >= 0.6 is 0 Å². The Kier molecular flexibility index (Phi) is 4.73. The van der Waals surface area contributed by atoms with Crippen molar-refractivity contribution in [2.75, 3.05) is 25.5 Å². The zero-order valence-electron chi connectivity index (χ0n) is 11.3. The van der Waals surface area contributed by atoms with Crippen molar-refractivity contribution in [3.05, 3.63) is 42.0 Å². The van der Waals surface area contributed by atoms with Crippen LogP contribution in [0.5, 0.6) is 0 Å². The summed E-state index contributed by atoms with van der Waals surface area (Å²) in [5, 5.41) is 4.54. The predicted octanol–water partition coefficient (Wildman–Crippen LogP) is 1.77. The number of carbonyl (C=O) groups excluding carboxylic acids is 2. The first-order chi connectivity index (χ1) is 9.69. The van der Waals surface area contributed by atoms with Gasteiger partial charge in [-0.2, -0.15) is 0 Å². The summed E-state index contributed by atoms with van der Waals surface area (Å²) >= 11 is 0. The highest BCUT2D eigenvalue weighted by Crippen LogP contribution is 2.10. The quantitative estimate of drug-likeness (QED) is 0.651. The van der Waals surface area contributed by atoms with Gasteiger partial charge in [-0.25, -0.2) is 14.6 Å². The number of hydrazine groups is 1. The van der Waals surface area contributed by atoms with Crippen molar-refractivity contribution >= 4 is 17.7 Å². The predicted molar refractivity (Wildman–Crippen MR) is 75.3 cm³/mol. The standard InChI is InChI=1S/C14H17N3O3/c1-20-13(18)11-5-7-12(8-6-11)15-14(19)16-17-9-3-2-4-10-17/h2-3,5-8H,4,9-10H2,1H3,(H2,15,16,19). The molecule has 0 bridgehead atoms. The Bertz CT molecular complexity index is 511. The van der Waals surface area contributed by atoms with Crippen molar-refractivity contribution < 1.29 is 14.3 Å². The number of methoxy groups -OCH3 is 1. The Hall–Kier alpha value is -2.34. The van der Waals surface area contributed by atoms with E-state index in [2.05, 4.69) is 21.6 Å². The molecule has 2 rings (SSSR count). The molecule has 0 fully saturated rings. The zero-order valence-corrected chi connectivity index (χ0v) is 11.3. The molecule has 0 atom stereocenters. The third-order valence-corrected chi connectivity index (χ3v) is 2.88. The Morgan fingerprint density at radius 2 is 1.95 bits per heavy atom. The van der Waals surface area contributed by atoms with Gasteiger partial charge in [-0.05, 0) is 30.7 Å². The minimum absolute atomic E-state index is 0.300. The van der Waals surface area contributed by atoms with Crippen LogP contribution < -0.4 is 10.7 Å². The largest absolute Gasteiger partial charge is 0.465 e. The van der Waals surface area contributed by atoms with Crippen LogP contribution in [0.15, 0.2) is 36.4 Å². The smallest absolute Gasteiger partial charge is 0.337 e. The number of nitrogens with one attached hydrogen (secondary N) is 2. The van der Waals surface area contributed by atoms with Gasteiger partial charge in [-0.3, -0.25) is 5.43 Å². The summed E-state index contributed by atoms with van der Waals surface area (Å²) in [6.45, 7) is 1.50. The van der Waals surface area contributed by atoms with E-state index in [0.717, 1.165) is 13.0 Å². The fourth-order valence-corrected chi connectivity index (χ4v) is 1.85. The highest BCUT2D eigenvalue weighted by atomic mass is 16.5. The number of anilines is 1. The van der Waals surface area contributed by atoms with Gasteiger partial charge in [0.1, 0.15) is 0 Å². The van der Waals surface area contributed by atoms with E-state index in [9.17, 15) is 9.59 Å². The molecule has 1 aromatic carbocycles. The van der Waals surface area contributed by atoms with Gasteiger partial charge in [0, 0.05) is 18.8 Å². The normalized spacial score (nSPS) is 14.7. The van der Waals surface area contributed by atoms with Crippen LogP contribution in [0.4, 0.5) is 10.5 Å². The lowest BCUT2D eigenvalue weighted by molar-refractivity contribution is 0.0601. The first kappa shape index (κ1) is 14.1. The number of nitrogens with zero attached hydrogens (tertiary/aromatic N) is 1. The van der Waals surface area contributed by atoms with Crippen LogP contribution in [0.2, 0.25) is 0 Å². The van der Waals surface area contributed by atoms with Crippen molar-refractivity contribution in [1.82, 2.24) is 10.4 Å². The molecule has 0 saturated heterocycles. The molecule has 1 heterocycles. The van der Waals surface area contributed by atoms with E-state index < -0.39 is 5.97 Å². The number of rotatable bonds is 3. The fourth-order valence-electron chi connectivity index (χ4n) is 1.85. The summed E-state index contributed by atoms with van der Waals surface area (Å²) < 4.78 is 4.61. The zero-order chi connectivity index (χ0) is 14.4. The van der Waals surface area contributed by atoms with E-state index in [1.165, 1.54) is 7.11 Å². The monoisotopic (exact) mass is 275 g/mol. The van der Waals surface area contributed by atoms with Crippen LogP contribution in [-0.2, 0) is 4.74 Å². The molecule has 1 aliphatic rings. The lowest BCUT2D eigenvalue weighted by Gasteiger charge is -2.23. The molecule has 2 amide bonds. The highest BCUT2D eigenvalue weighted by molar-refractivity contribution is 5.92. The number of benzene rings is 1. The second kappa shape index (κ2) is 6.72. The minimum atomic E-state index is -0.402. The second-order valence-corrected chi connectivity index (χ2v) is 4.34. The van der Waals surface area contributed by atoms with Crippen LogP contribution in [0.25, 0.3) is 0 Å². The van der Waals surface area contributed by atoms with Crippen molar-refractivity contribution in [3.8, 4) is 0 Å². The van der Waals surface area contributed by atoms with Gasteiger partial charge >= 0.3 is 12.0 Å². The van der Waals surface area contributed by atoms with Gasteiger partial charge in [0.25, 0.3) is 0 Å². The summed E-state index contributed by atoms with van der Waals surface area (Å²) in [5.74, 6) is -0.402. The lowest BCUT2D eigenvalue weighted by Crippen LogP contribution is -2.45. The molecule has 1 aromatic rings. The number of hydrogen-bond acceptors (Lipinski definition) is 4. The third kappa shape index (κ3) is 3.83. The van der Waals surface area contributed by atoms with Crippen molar-refractivity contribution in [1.29, 1.82) is 0 Å². The van der Waals surface area contributed by atoms with E-state index in [-0.39, 0.29) is 6.03 Å². The van der Waals surface area contributed by atoms with E-state index in [1.54, 1.807) is 24.3 Å². The lowest BCUT2D eigenvalue weighted by atomic mass is 10.2. The molecule has 6 heteroatoms. The molecule has 0 spiro atoms. The summed E-state index contributed by atoms with van der Waals surface area (Å²) in [6.07, 6.45) is 5.02. The molecule has 20 heavy (non-hydrogen) atoms. The Labute approximate surface area is 117 Å². The molecule has 2 N–H and O–H groups in total. The Balaban J connectivity index is 1.87. The van der Waals surface area contributed by atoms with Gasteiger partial charge in [-0.15, -0.1) is 0 Å². The number of esters is 1. The SMILES string of the molecule is COC(=O)c1ccc(NC(=O)NN2CC=CCC2)cc1. The molecule has 106 valence electrons. The number of hydrogen-bond donors (Lipinski definition) is 2. The van der Waals surface area contributed by atoms with Crippen LogP contribution in [0.3, 0.4) is 0 Å². The maximum absolute atomic E-state index is 11.8. The fraction of sp³-hybridized carbons (Fsp3) is 0.286. The van der Waals surface area contributed by atoms with Crippen LogP contribution in [-0.4, -0.2) is 37.2 Å². The number of amides is 2. The van der Waals surface area contributed by atoms with E-state index in [1.807, 2.05) is 11.1 Å². The Morgan fingerprint density at radius 1 is 1.20 bits per heavy atom. The van der Waals surface area contributed by atoms with Crippen LogP contribution in [0.1, 0.15) is 16.8 Å². The van der Waals surface area contributed by atoms with Crippen molar-refractivity contribution in [2.24, 2.45) is 0 Å². The molecular weight excluding hydrogens is 258 g/mol. The maximum Gasteiger partial charge on any atom is 0.337 e. The molecular formula is C14H17N3O3. The topological polar surface area (TPSA) is 70.7 Å². The average Bonchev–Trinajstić information content (AvgIpc) is 2.48. The van der Waals surface area contributed by atoms with Crippen LogP contribution in [0, 0.1) is 0 Å². The van der Waals surface area contributed by atoms with E-state index >= 15 is 0 Å². The van der Waals surface area contributed by atoms with E-state index in [4.69, 9.17) is 0 Å². The molecule has 0 aliphatic carbocycles.